The highest BCUT2D eigenvalue weighted by atomic mass is 16.5. The van der Waals surface area contributed by atoms with Crippen molar-refractivity contribution in [3.8, 4) is 5.75 Å². The zero-order valence-corrected chi connectivity index (χ0v) is 13.1. The molecule has 0 saturated carbocycles. The van der Waals surface area contributed by atoms with Crippen LogP contribution in [-0.4, -0.2) is 52.5 Å². The number of ether oxygens (including phenoxy) is 2. The summed E-state index contributed by atoms with van der Waals surface area (Å²) < 4.78 is 10.8. The number of nitrogens with zero attached hydrogens (tertiary/aromatic N) is 3. The lowest BCUT2D eigenvalue weighted by Gasteiger charge is -2.16. The van der Waals surface area contributed by atoms with E-state index in [0.717, 1.165) is 14.0 Å². The minimum Gasteiger partial charge on any atom is -0.464 e. The van der Waals surface area contributed by atoms with Crippen molar-refractivity contribution >= 4 is 17.8 Å². The number of rotatable bonds is 2. The van der Waals surface area contributed by atoms with Crippen molar-refractivity contribution < 1.29 is 23.9 Å². The van der Waals surface area contributed by atoms with Crippen LogP contribution in [0.3, 0.4) is 0 Å². The minimum atomic E-state index is -0.866. The molecule has 0 aromatic carbocycles. The quantitative estimate of drug-likeness (QED) is 0.666. The van der Waals surface area contributed by atoms with E-state index in [1.54, 1.807) is 4.90 Å². The van der Waals surface area contributed by atoms with Gasteiger partial charge in [-0.2, -0.15) is 0 Å². The van der Waals surface area contributed by atoms with Gasteiger partial charge in [0.05, 0.1) is 7.11 Å². The lowest BCUT2D eigenvalue weighted by Crippen LogP contribution is -2.33. The molecule has 1 aliphatic heterocycles. The summed E-state index contributed by atoms with van der Waals surface area (Å²) in [6.07, 6.45) is 0.305. The number of fused-ring (bicyclic) bond motifs is 1. The predicted octanol–water partition coefficient (Wildman–Crippen LogP) is -0.640. The van der Waals surface area contributed by atoms with Gasteiger partial charge >= 0.3 is 11.9 Å². The highest BCUT2D eigenvalue weighted by Crippen LogP contribution is 2.16. The Kier molecular flexibility index (Phi) is 4.77. The number of carbonyl (C=O) groups is 3. The van der Waals surface area contributed by atoms with Crippen molar-refractivity contribution in [2.45, 2.75) is 26.8 Å². The SMILES string of the molecule is COC(=O)c1nc2n(c(=O)c1OC(C)=O)CCN(C(C)=O)CC2. The molecule has 0 fully saturated rings. The first-order chi connectivity index (χ1) is 10.8. The van der Waals surface area contributed by atoms with Crippen molar-refractivity contribution in [2.24, 2.45) is 0 Å². The van der Waals surface area contributed by atoms with Gasteiger partial charge in [-0.3, -0.25) is 19.0 Å². The molecule has 0 atom stereocenters. The smallest absolute Gasteiger partial charge is 0.360 e. The zero-order chi connectivity index (χ0) is 17.1. The van der Waals surface area contributed by atoms with E-state index in [4.69, 9.17) is 4.74 Å². The third kappa shape index (κ3) is 3.38. The van der Waals surface area contributed by atoms with E-state index in [1.807, 2.05) is 0 Å². The molecule has 0 saturated heterocycles. The van der Waals surface area contributed by atoms with Crippen LogP contribution >= 0.6 is 0 Å². The van der Waals surface area contributed by atoms with Gasteiger partial charge in [-0.05, 0) is 0 Å². The molecule has 2 heterocycles. The second-order valence-corrected chi connectivity index (χ2v) is 5.00. The summed E-state index contributed by atoms with van der Waals surface area (Å²) in [4.78, 5) is 52.8. The molecule has 0 N–H and O–H groups in total. The first-order valence-corrected chi connectivity index (χ1v) is 7.01. The van der Waals surface area contributed by atoms with E-state index < -0.39 is 23.2 Å². The Labute approximate surface area is 131 Å². The van der Waals surface area contributed by atoms with Gasteiger partial charge in [0, 0.05) is 39.9 Å². The summed E-state index contributed by atoms with van der Waals surface area (Å²) in [6.45, 7) is 3.48. The van der Waals surface area contributed by atoms with Crippen LogP contribution in [0.4, 0.5) is 0 Å². The van der Waals surface area contributed by atoms with Gasteiger partial charge in [-0.1, -0.05) is 0 Å². The fourth-order valence-corrected chi connectivity index (χ4v) is 2.36. The maximum atomic E-state index is 12.6. The highest BCUT2D eigenvalue weighted by Gasteiger charge is 2.27. The number of hydrogen-bond donors (Lipinski definition) is 0. The Hall–Kier alpha value is -2.71. The van der Waals surface area contributed by atoms with Crippen LogP contribution in [0.5, 0.6) is 5.75 Å². The van der Waals surface area contributed by atoms with Crippen LogP contribution < -0.4 is 10.3 Å². The molecule has 23 heavy (non-hydrogen) atoms. The number of carbonyl (C=O) groups excluding carboxylic acids is 3. The van der Waals surface area contributed by atoms with Crippen LogP contribution in [0.25, 0.3) is 0 Å². The van der Waals surface area contributed by atoms with Gasteiger partial charge in [0.2, 0.25) is 11.7 Å². The van der Waals surface area contributed by atoms with Gasteiger partial charge in [0.15, 0.2) is 5.69 Å². The van der Waals surface area contributed by atoms with Crippen LogP contribution in [0.15, 0.2) is 4.79 Å². The van der Waals surface area contributed by atoms with Crippen LogP contribution in [0.1, 0.15) is 30.2 Å². The standard InChI is InChI=1S/C14H17N3O6/c1-8(18)16-5-4-10-15-11(14(21)22-3)12(23-9(2)19)13(20)17(10)7-6-16/h4-7H2,1-3H3. The first-order valence-electron chi connectivity index (χ1n) is 7.01. The molecule has 1 amide bonds. The predicted molar refractivity (Wildman–Crippen MR) is 77.1 cm³/mol. The molecule has 1 aliphatic rings. The summed E-state index contributed by atoms with van der Waals surface area (Å²) in [6, 6.07) is 0. The molecule has 2 rings (SSSR count). The van der Waals surface area contributed by atoms with Crippen molar-refractivity contribution in [2.75, 3.05) is 20.2 Å². The summed E-state index contributed by atoms with van der Waals surface area (Å²) >= 11 is 0. The van der Waals surface area contributed by atoms with Crippen molar-refractivity contribution in [3.05, 3.63) is 21.9 Å². The van der Waals surface area contributed by atoms with Crippen LogP contribution in [0, 0.1) is 0 Å². The third-order valence-corrected chi connectivity index (χ3v) is 3.48. The van der Waals surface area contributed by atoms with E-state index in [2.05, 4.69) is 9.72 Å². The maximum Gasteiger partial charge on any atom is 0.360 e. The Balaban J connectivity index is 2.55. The van der Waals surface area contributed by atoms with Gasteiger partial charge in [-0.15, -0.1) is 0 Å². The molecule has 1 aromatic heterocycles. The summed E-state index contributed by atoms with van der Waals surface area (Å²) in [7, 11) is 1.14. The molecule has 0 unspecified atom stereocenters. The summed E-state index contributed by atoms with van der Waals surface area (Å²) in [5.74, 6) is -1.83. The second-order valence-electron chi connectivity index (χ2n) is 5.00. The third-order valence-electron chi connectivity index (χ3n) is 3.48. The molecule has 9 heteroatoms. The lowest BCUT2D eigenvalue weighted by molar-refractivity contribution is -0.132. The van der Waals surface area contributed by atoms with Crippen LogP contribution in [-0.2, 0) is 27.3 Å². The van der Waals surface area contributed by atoms with E-state index >= 15 is 0 Å². The molecule has 9 nitrogen and oxygen atoms in total. The average molecular weight is 323 g/mol. The van der Waals surface area contributed by atoms with Crippen molar-refractivity contribution in [1.29, 1.82) is 0 Å². The molecule has 1 aromatic rings. The largest absolute Gasteiger partial charge is 0.464 e. The van der Waals surface area contributed by atoms with E-state index in [1.165, 1.54) is 11.5 Å². The van der Waals surface area contributed by atoms with E-state index in [0.29, 0.717) is 25.3 Å². The molecule has 0 radical (unpaired) electrons. The molecular weight excluding hydrogens is 306 g/mol. The number of methoxy groups -OCH3 is 1. The molecule has 0 aliphatic carbocycles. The van der Waals surface area contributed by atoms with Gasteiger partial charge in [-0.25, -0.2) is 9.78 Å². The Morgan fingerprint density at radius 1 is 1.13 bits per heavy atom. The van der Waals surface area contributed by atoms with Crippen molar-refractivity contribution in [3.63, 3.8) is 0 Å². The van der Waals surface area contributed by atoms with Crippen molar-refractivity contribution in [1.82, 2.24) is 14.5 Å². The Morgan fingerprint density at radius 3 is 2.39 bits per heavy atom. The Morgan fingerprint density at radius 2 is 1.83 bits per heavy atom. The zero-order valence-electron chi connectivity index (χ0n) is 13.1. The molecule has 0 bridgehead atoms. The van der Waals surface area contributed by atoms with Gasteiger partial charge in [0.1, 0.15) is 5.82 Å². The highest BCUT2D eigenvalue weighted by molar-refractivity contribution is 5.91. The monoisotopic (exact) mass is 323 g/mol. The maximum absolute atomic E-state index is 12.6. The number of aromatic nitrogens is 2. The first kappa shape index (κ1) is 16.7. The topological polar surface area (TPSA) is 108 Å². The molecular formula is C14H17N3O6. The van der Waals surface area contributed by atoms with Gasteiger partial charge in [0.25, 0.3) is 5.56 Å². The molecule has 0 spiro atoms. The fourth-order valence-electron chi connectivity index (χ4n) is 2.36. The number of hydrogen-bond acceptors (Lipinski definition) is 7. The lowest BCUT2D eigenvalue weighted by atomic mass is 10.3. The number of amides is 1. The normalized spacial score (nSPS) is 13.8. The average Bonchev–Trinajstić information content (AvgIpc) is 2.71. The summed E-state index contributed by atoms with van der Waals surface area (Å²) in [5.41, 5.74) is -0.980. The minimum absolute atomic E-state index is 0.112. The second kappa shape index (κ2) is 6.59. The van der Waals surface area contributed by atoms with Gasteiger partial charge < -0.3 is 14.4 Å². The Bertz CT molecular complexity index is 724. The van der Waals surface area contributed by atoms with E-state index in [-0.39, 0.29) is 18.1 Å². The number of esters is 2. The fraction of sp³-hybridized carbons (Fsp3) is 0.500. The van der Waals surface area contributed by atoms with E-state index in [9.17, 15) is 19.2 Å². The molecule has 124 valence electrons. The van der Waals surface area contributed by atoms with Crippen LogP contribution in [0.2, 0.25) is 0 Å². The summed E-state index contributed by atoms with van der Waals surface area (Å²) in [5, 5.41) is 0.